The van der Waals surface area contributed by atoms with Gasteiger partial charge in [-0.3, -0.25) is 4.99 Å². The van der Waals surface area contributed by atoms with E-state index >= 15 is 0 Å². The molecule has 0 spiro atoms. The van der Waals surface area contributed by atoms with Crippen molar-refractivity contribution in [3.05, 3.63) is 96.1 Å². The SMILES string of the molecule is C=Nc1ccc(/C=C/C=C/C2OCC(SC(C)C(O)(Cn3cncn3)c3ccccc3F)CO2)c(F)c1. The quantitative estimate of drug-likeness (QED) is 0.299. The van der Waals surface area contributed by atoms with E-state index in [1.807, 2.05) is 6.92 Å². The van der Waals surface area contributed by atoms with Crippen LogP contribution in [0.1, 0.15) is 18.1 Å². The average Bonchev–Trinajstić information content (AvgIpc) is 3.41. The predicted molar refractivity (Wildman–Crippen MR) is 141 cm³/mol. The molecular weight excluding hydrogens is 498 g/mol. The smallest absolute Gasteiger partial charge is 0.177 e. The number of hydrogen-bond acceptors (Lipinski definition) is 7. The van der Waals surface area contributed by atoms with Gasteiger partial charge in [0.15, 0.2) is 6.29 Å². The van der Waals surface area contributed by atoms with E-state index in [9.17, 15) is 13.9 Å². The molecule has 194 valence electrons. The van der Waals surface area contributed by atoms with Gasteiger partial charge in [0.2, 0.25) is 0 Å². The van der Waals surface area contributed by atoms with Crippen LogP contribution in [0.4, 0.5) is 14.5 Å². The van der Waals surface area contributed by atoms with Crippen LogP contribution in [-0.4, -0.2) is 56.6 Å². The highest BCUT2D eigenvalue weighted by atomic mass is 32.2. The molecule has 1 fully saturated rings. The number of aliphatic imine (C=N–C) groups is 1. The molecule has 2 unspecified atom stereocenters. The van der Waals surface area contributed by atoms with Crippen LogP contribution >= 0.6 is 11.8 Å². The largest absolute Gasteiger partial charge is 0.382 e. The topological polar surface area (TPSA) is 81.8 Å². The van der Waals surface area contributed by atoms with Crippen LogP contribution in [-0.2, 0) is 21.6 Å². The zero-order valence-electron chi connectivity index (χ0n) is 20.3. The lowest BCUT2D eigenvalue weighted by Gasteiger charge is -2.37. The first kappa shape index (κ1) is 26.9. The van der Waals surface area contributed by atoms with Gasteiger partial charge in [0.1, 0.15) is 29.9 Å². The van der Waals surface area contributed by atoms with Gasteiger partial charge in [0.05, 0.1) is 30.7 Å². The van der Waals surface area contributed by atoms with Crippen molar-refractivity contribution in [2.75, 3.05) is 13.2 Å². The van der Waals surface area contributed by atoms with Crippen molar-refractivity contribution in [1.82, 2.24) is 14.8 Å². The van der Waals surface area contributed by atoms with Crippen LogP contribution in [0.15, 0.2) is 78.3 Å². The molecule has 4 rings (SSSR count). The van der Waals surface area contributed by atoms with Crippen LogP contribution in [0.2, 0.25) is 0 Å². The first-order valence-electron chi connectivity index (χ1n) is 11.7. The molecule has 1 aliphatic heterocycles. The Hall–Kier alpha value is -3.18. The number of aliphatic hydroxyl groups is 1. The van der Waals surface area contributed by atoms with Crippen molar-refractivity contribution in [1.29, 1.82) is 0 Å². The third-order valence-electron chi connectivity index (χ3n) is 5.99. The van der Waals surface area contributed by atoms with Crippen LogP contribution in [0.3, 0.4) is 0 Å². The van der Waals surface area contributed by atoms with Gasteiger partial charge < -0.3 is 14.6 Å². The van der Waals surface area contributed by atoms with Gasteiger partial charge in [-0.05, 0) is 31.0 Å². The fraction of sp³-hybridized carbons (Fsp3) is 0.296. The Balaban J connectivity index is 1.34. The van der Waals surface area contributed by atoms with E-state index in [-0.39, 0.29) is 23.2 Å². The lowest BCUT2D eigenvalue weighted by molar-refractivity contribution is -0.146. The van der Waals surface area contributed by atoms with E-state index in [1.165, 1.54) is 41.2 Å². The Morgan fingerprint density at radius 2 is 2.00 bits per heavy atom. The first-order valence-corrected chi connectivity index (χ1v) is 12.6. The summed E-state index contributed by atoms with van der Waals surface area (Å²) in [5.41, 5.74) is -0.439. The maximum Gasteiger partial charge on any atom is 0.177 e. The molecule has 1 aromatic heterocycles. The highest BCUT2D eigenvalue weighted by Crippen LogP contribution is 2.38. The van der Waals surface area contributed by atoms with E-state index < -0.39 is 23.0 Å². The summed E-state index contributed by atoms with van der Waals surface area (Å²) in [5, 5.41) is 15.3. The Labute approximate surface area is 218 Å². The lowest BCUT2D eigenvalue weighted by atomic mass is 9.90. The third-order valence-corrected chi connectivity index (χ3v) is 7.45. The summed E-state index contributed by atoms with van der Waals surface area (Å²) in [6.07, 6.45) is 9.12. The number of halogens is 2. The normalized spacial score (nSPS) is 20.8. The third kappa shape index (κ3) is 6.78. The number of benzene rings is 2. The summed E-state index contributed by atoms with van der Waals surface area (Å²) in [5.74, 6) is -0.868. The number of ether oxygens (including phenoxy) is 2. The fourth-order valence-corrected chi connectivity index (χ4v) is 5.28. The van der Waals surface area contributed by atoms with E-state index in [4.69, 9.17) is 9.47 Å². The molecule has 2 atom stereocenters. The van der Waals surface area contributed by atoms with Gasteiger partial charge in [0.25, 0.3) is 0 Å². The van der Waals surface area contributed by atoms with E-state index in [1.54, 1.807) is 54.6 Å². The number of hydrogen-bond donors (Lipinski definition) is 1. The van der Waals surface area contributed by atoms with Gasteiger partial charge in [-0.2, -0.15) is 5.10 Å². The summed E-state index contributed by atoms with van der Waals surface area (Å²) >= 11 is 1.47. The molecule has 0 amide bonds. The molecule has 7 nitrogen and oxygen atoms in total. The standard InChI is InChI=1S/C27H28F2N4O3S/c1-19(27(34,16-33-18-31-17-32-33)23-8-4-5-9-24(23)28)37-22-14-35-26(36-15-22)10-6-3-7-20-11-12-21(30-2)13-25(20)29/h3-13,17-19,22,26,34H,2,14-16H2,1H3/b7-3+,10-6+. The summed E-state index contributed by atoms with van der Waals surface area (Å²) in [7, 11) is 0. The maximum absolute atomic E-state index is 14.7. The second-order valence-electron chi connectivity index (χ2n) is 8.54. The van der Waals surface area contributed by atoms with Crippen LogP contribution < -0.4 is 0 Å². The van der Waals surface area contributed by atoms with Crippen LogP contribution in [0.5, 0.6) is 0 Å². The molecule has 1 saturated heterocycles. The molecule has 2 heterocycles. The van der Waals surface area contributed by atoms with Crippen molar-refractivity contribution in [2.24, 2.45) is 4.99 Å². The lowest BCUT2D eigenvalue weighted by Crippen LogP contribution is -2.43. The molecular formula is C27H28F2N4O3S. The maximum atomic E-state index is 14.7. The molecule has 0 radical (unpaired) electrons. The van der Waals surface area contributed by atoms with Crippen LogP contribution in [0.25, 0.3) is 6.08 Å². The van der Waals surface area contributed by atoms with Gasteiger partial charge >= 0.3 is 0 Å². The molecule has 0 bridgehead atoms. The molecule has 2 aromatic carbocycles. The number of nitrogens with zero attached hydrogens (tertiary/aromatic N) is 4. The fourth-order valence-electron chi connectivity index (χ4n) is 3.96. The monoisotopic (exact) mass is 526 g/mol. The molecule has 37 heavy (non-hydrogen) atoms. The highest BCUT2D eigenvalue weighted by Gasteiger charge is 2.41. The van der Waals surface area contributed by atoms with E-state index in [0.717, 1.165) is 0 Å². The summed E-state index contributed by atoms with van der Waals surface area (Å²) < 4.78 is 41.8. The molecule has 0 aliphatic carbocycles. The average molecular weight is 527 g/mol. The number of allylic oxidation sites excluding steroid dienone is 2. The minimum atomic E-state index is -1.54. The highest BCUT2D eigenvalue weighted by molar-refractivity contribution is 8.00. The summed E-state index contributed by atoms with van der Waals surface area (Å²) in [6, 6.07) is 10.8. The molecule has 0 saturated carbocycles. The Morgan fingerprint density at radius 1 is 1.22 bits per heavy atom. The summed E-state index contributed by atoms with van der Waals surface area (Å²) in [6.45, 7) is 6.05. The summed E-state index contributed by atoms with van der Waals surface area (Å²) in [4.78, 5) is 7.63. The van der Waals surface area contributed by atoms with Crippen molar-refractivity contribution >= 4 is 30.2 Å². The van der Waals surface area contributed by atoms with Gasteiger partial charge in [0, 0.05) is 22.4 Å². The van der Waals surface area contributed by atoms with Crippen LogP contribution in [0, 0.1) is 11.6 Å². The molecule has 3 aromatic rings. The van der Waals surface area contributed by atoms with Gasteiger partial charge in [-0.15, -0.1) is 11.8 Å². The zero-order chi connectivity index (χ0) is 26.3. The van der Waals surface area contributed by atoms with Gasteiger partial charge in [-0.25, -0.2) is 18.4 Å². The minimum Gasteiger partial charge on any atom is -0.382 e. The second kappa shape index (κ2) is 12.4. The number of thioether (sulfide) groups is 1. The first-order chi connectivity index (χ1) is 17.9. The Morgan fingerprint density at radius 3 is 2.68 bits per heavy atom. The second-order valence-corrected chi connectivity index (χ2v) is 10.2. The molecule has 1 aliphatic rings. The predicted octanol–water partition coefficient (Wildman–Crippen LogP) is 4.91. The van der Waals surface area contributed by atoms with Crippen molar-refractivity contribution < 1.29 is 23.4 Å². The van der Waals surface area contributed by atoms with Crippen molar-refractivity contribution in [3.8, 4) is 0 Å². The molecule has 10 heteroatoms. The van der Waals surface area contributed by atoms with Gasteiger partial charge in [-0.1, -0.05) is 43.4 Å². The van der Waals surface area contributed by atoms with E-state index in [0.29, 0.717) is 24.5 Å². The number of aromatic nitrogens is 3. The minimum absolute atomic E-state index is 0.0433. The van der Waals surface area contributed by atoms with Crippen molar-refractivity contribution in [3.63, 3.8) is 0 Å². The number of rotatable bonds is 10. The zero-order valence-corrected chi connectivity index (χ0v) is 21.1. The van der Waals surface area contributed by atoms with E-state index in [2.05, 4.69) is 21.8 Å². The Kier molecular flexibility index (Phi) is 8.99. The van der Waals surface area contributed by atoms with Crippen molar-refractivity contribution in [2.45, 2.75) is 35.9 Å². The Bertz CT molecular complexity index is 1250. The molecule has 1 N–H and O–H groups in total.